The molecule has 2 aromatic carbocycles. The lowest BCUT2D eigenvalue weighted by molar-refractivity contribution is -0.0495. The van der Waals surface area contributed by atoms with Crippen molar-refractivity contribution in [1.82, 2.24) is 10.3 Å². The summed E-state index contributed by atoms with van der Waals surface area (Å²) < 4.78 is 29.9. The van der Waals surface area contributed by atoms with Crippen molar-refractivity contribution in [3.8, 4) is 16.3 Å². The number of aromatic nitrogens is 1. The molecule has 4 rings (SSSR count). The summed E-state index contributed by atoms with van der Waals surface area (Å²) in [5.41, 5.74) is 3.14. The van der Waals surface area contributed by atoms with Crippen molar-refractivity contribution in [3.05, 3.63) is 65.2 Å². The lowest BCUT2D eigenvalue weighted by Gasteiger charge is -2.22. The molecule has 1 aliphatic rings. The zero-order chi connectivity index (χ0) is 21.1. The largest absolute Gasteiger partial charge is 0.433 e. The summed E-state index contributed by atoms with van der Waals surface area (Å²) in [4.78, 5) is 19.1. The number of anilines is 1. The van der Waals surface area contributed by atoms with Crippen molar-refractivity contribution in [2.75, 3.05) is 18.0 Å². The molecule has 0 saturated carbocycles. The molecule has 0 bridgehead atoms. The molecule has 1 saturated heterocycles. The van der Waals surface area contributed by atoms with Crippen molar-refractivity contribution in [1.29, 1.82) is 0 Å². The second-order valence-corrected chi connectivity index (χ2v) is 7.98. The van der Waals surface area contributed by atoms with Crippen LogP contribution in [-0.2, 0) is 0 Å². The van der Waals surface area contributed by atoms with Gasteiger partial charge < -0.3 is 15.0 Å². The fourth-order valence-corrected chi connectivity index (χ4v) is 4.33. The van der Waals surface area contributed by atoms with Gasteiger partial charge in [0, 0.05) is 41.3 Å². The third-order valence-electron chi connectivity index (χ3n) is 4.96. The Balaban J connectivity index is 1.38. The number of nitrogens with one attached hydrogen (secondary N) is 1. The van der Waals surface area contributed by atoms with E-state index in [1.165, 1.54) is 6.07 Å². The van der Waals surface area contributed by atoms with Crippen LogP contribution in [0.15, 0.2) is 53.9 Å². The first kappa shape index (κ1) is 20.3. The molecule has 1 fully saturated rings. The number of benzene rings is 2. The molecule has 0 aliphatic carbocycles. The van der Waals surface area contributed by atoms with Crippen LogP contribution in [0.5, 0.6) is 5.75 Å². The van der Waals surface area contributed by atoms with E-state index in [1.54, 1.807) is 41.7 Å². The molecule has 30 heavy (non-hydrogen) atoms. The SMILES string of the molecule is Cc1csc(-c2ccc(C(=O)NC3CCN(c4ccccc4OC(F)F)C3)cc2)n1. The minimum absolute atomic E-state index is 0.0709. The first-order valence-corrected chi connectivity index (χ1v) is 10.5. The molecule has 3 aromatic rings. The van der Waals surface area contributed by atoms with E-state index in [0.717, 1.165) is 22.7 Å². The number of alkyl halides is 2. The Kier molecular flexibility index (Phi) is 5.94. The highest BCUT2D eigenvalue weighted by atomic mass is 32.1. The summed E-state index contributed by atoms with van der Waals surface area (Å²) in [6, 6.07) is 14.0. The number of thiazole rings is 1. The van der Waals surface area contributed by atoms with Gasteiger partial charge in [-0.2, -0.15) is 8.78 Å². The highest BCUT2D eigenvalue weighted by molar-refractivity contribution is 7.13. The van der Waals surface area contributed by atoms with Crippen LogP contribution in [0.2, 0.25) is 0 Å². The average Bonchev–Trinajstić information content (AvgIpc) is 3.37. The van der Waals surface area contributed by atoms with Gasteiger partial charge in [-0.3, -0.25) is 4.79 Å². The van der Waals surface area contributed by atoms with E-state index in [1.807, 2.05) is 29.3 Å². The zero-order valence-corrected chi connectivity index (χ0v) is 17.2. The van der Waals surface area contributed by atoms with Gasteiger partial charge in [0.2, 0.25) is 0 Å². The minimum atomic E-state index is -2.87. The summed E-state index contributed by atoms with van der Waals surface area (Å²) in [5, 5.41) is 5.95. The van der Waals surface area contributed by atoms with Gasteiger partial charge in [-0.15, -0.1) is 11.3 Å². The number of carbonyl (C=O) groups excluding carboxylic acids is 1. The maximum atomic E-state index is 12.7. The van der Waals surface area contributed by atoms with E-state index in [0.29, 0.717) is 24.3 Å². The van der Waals surface area contributed by atoms with Crippen LogP contribution in [0.4, 0.5) is 14.5 Å². The van der Waals surface area contributed by atoms with Gasteiger partial charge in [0.1, 0.15) is 10.8 Å². The second kappa shape index (κ2) is 8.79. The molecule has 0 spiro atoms. The first-order valence-electron chi connectivity index (χ1n) is 9.62. The van der Waals surface area contributed by atoms with Gasteiger partial charge in [-0.1, -0.05) is 24.3 Å². The molecule has 156 valence electrons. The van der Waals surface area contributed by atoms with Crippen LogP contribution in [0.3, 0.4) is 0 Å². The molecule has 1 N–H and O–H groups in total. The Morgan fingerprint density at radius 2 is 2.00 bits per heavy atom. The van der Waals surface area contributed by atoms with Crippen molar-refractivity contribution in [3.63, 3.8) is 0 Å². The number of halogens is 2. The zero-order valence-electron chi connectivity index (χ0n) is 16.3. The van der Waals surface area contributed by atoms with Crippen molar-refractivity contribution < 1.29 is 18.3 Å². The van der Waals surface area contributed by atoms with E-state index < -0.39 is 6.61 Å². The van der Waals surface area contributed by atoms with Gasteiger partial charge in [-0.25, -0.2) is 4.98 Å². The third-order valence-corrected chi connectivity index (χ3v) is 5.97. The number of hydrogen-bond donors (Lipinski definition) is 1. The van der Waals surface area contributed by atoms with Crippen LogP contribution < -0.4 is 15.0 Å². The summed E-state index contributed by atoms with van der Waals surface area (Å²) in [6.07, 6.45) is 0.727. The highest BCUT2D eigenvalue weighted by Crippen LogP contribution is 2.32. The Hall–Kier alpha value is -3.00. The smallest absolute Gasteiger partial charge is 0.387 e. The fourth-order valence-electron chi connectivity index (χ4n) is 3.53. The van der Waals surface area contributed by atoms with Crippen molar-refractivity contribution >= 4 is 22.9 Å². The molecule has 8 heteroatoms. The van der Waals surface area contributed by atoms with E-state index >= 15 is 0 Å². The summed E-state index contributed by atoms with van der Waals surface area (Å²) in [7, 11) is 0. The fraction of sp³-hybridized carbons (Fsp3) is 0.273. The van der Waals surface area contributed by atoms with Crippen molar-refractivity contribution in [2.45, 2.75) is 26.0 Å². The molecule has 1 amide bonds. The predicted octanol–water partition coefficient (Wildman–Crippen LogP) is 4.73. The first-order chi connectivity index (χ1) is 14.5. The Morgan fingerprint density at radius 3 is 2.70 bits per heavy atom. The van der Waals surface area contributed by atoms with Gasteiger partial charge in [0.15, 0.2) is 0 Å². The molecular formula is C22H21F2N3O2S. The highest BCUT2D eigenvalue weighted by Gasteiger charge is 2.26. The molecule has 1 aromatic heterocycles. The number of amides is 1. The van der Waals surface area contributed by atoms with Gasteiger partial charge in [0.05, 0.1) is 5.69 Å². The van der Waals surface area contributed by atoms with E-state index in [9.17, 15) is 13.6 Å². The number of carbonyl (C=O) groups is 1. The van der Waals surface area contributed by atoms with Crippen molar-refractivity contribution in [2.24, 2.45) is 0 Å². The molecule has 2 heterocycles. The van der Waals surface area contributed by atoms with E-state index in [4.69, 9.17) is 0 Å². The van der Waals surface area contributed by atoms with E-state index in [-0.39, 0.29) is 17.7 Å². The van der Waals surface area contributed by atoms with Crippen LogP contribution >= 0.6 is 11.3 Å². The van der Waals surface area contributed by atoms with Crippen LogP contribution in [-0.4, -0.2) is 36.6 Å². The predicted molar refractivity (Wildman–Crippen MR) is 113 cm³/mol. The lowest BCUT2D eigenvalue weighted by atomic mass is 10.1. The van der Waals surface area contributed by atoms with Gasteiger partial charge >= 0.3 is 6.61 Å². The Labute approximate surface area is 177 Å². The molecule has 1 unspecified atom stereocenters. The van der Waals surface area contributed by atoms with Gasteiger partial charge in [-0.05, 0) is 37.6 Å². The maximum absolute atomic E-state index is 12.7. The minimum Gasteiger partial charge on any atom is -0.433 e. The number of aryl methyl sites for hydroxylation is 1. The van der Waals surface area contributed by atoms with Crippen LogP contribution in [0.1, 0.15) is 22.5 Å². The monoisotopic (exact) mass is 429 g/mol. The molecule has 1 aliphatic heterocycles. The summed E-state index contributed by atoms with van der Waals surface area (Å²) >= 11 is 1.57. The van der Waals surface area contributed by atoms with Crippen LogP contribution in [0.25, 0.3) is 10.6 Å². The summed E-state index contributed by atoms with van der Waals surface area (Å²) in [6.45, 7) is 0.258. The third kappa shape index (κ3) is 4.59. The number of ether oxygens (including phenoxy) is 1. The number of rotatable bonds is 6. The lowest BCUT2D eigenvalue weighted by Crippen LogP contribution is -2.37. The van der Waals surface area contributed by atoms with E-state index in [2.05, 4.69) is 15.0 Å². The maximum Gasteiger partial charge on any atom is 0.387 e. The molecule has 1 atom stereocenters. The second-order valence-electron chi connectivity index (χ2n) is 7.12. The number of hydrogen-bond acceptors (Lipinski definition) is 5. The standard InChI is InChI=1S/C22H21F2N3O2S/c1-14-13-30-21(25-14)16-8-6-15(7-9-16)20(28)26-17-10-11-27(12-17)18-4-2-3-5-19(18)29-22(23)24/h2-9,13,17,22H,10-12H2,1H3,(H,26,28). The van der Waals surface area contributed by atoms with Gasteiger partial charge in [0.25, 0.3) is 5.91 Å². The summed E-state index contributed by atoms with van der Waals surface area (Å²) in [5.74, 6) is -0.00618. The molecular weight excluding hydrogens is 408 g/mol. The average molecular weight is 429 g/mol. The Morgan fingerprint density at radius 1 is 1.23 bits per heavy atom. The quantitative estimate of drug-likeness (QED) is 0.616. The molecule has 0 radical (unpaired) electrons. The van der Waals surface area contributed by atoms with Crippen LogP contribution in [0, 0.1) is 6.92 Å². The number of para-hydroxylation sites is 2. The molecule has 5 nitrogen and oxygen atoms in total. The normalized spacial score (nSPS) is 16.1. The topological polar surface area (TPSA) is 54.5 Å². The number of nitrogens with zero attached hydrogens (tertiary/aromatic N) is 2. The Bertz CT molecular complexity index is 1020.